The number of rotatable bonds is 4. The number of esters is 2. The molecule has 0 aliphatic heterocycles. The molecule has 100 valence electrons. The number of nitrogens with one attached hydrogen (secondary N) is 1. The molecule has 1 N–H and O–H groups in total. The maximum atomic E-state index is 11.7. The molecule has 19 heavy (non-hydrogen) atoms. The highest BCUT2D eigenvalue weighted by atomic mass is 16.5. The summed E-state index contributed by atoms with van der Waals surface area (Å²) in [5, 5.41) is 0.728. The van der Waals surface area contributed by atoms with E-state index in [0.29, 0.717) is 29.9 Å². The van der Waals surface area contributed by atoms with Gasteiger partial charge in [-0.05, 0) is 26.0 Å². The van der Waals surface area contributed by atoms with Crippen LogP contribution < -0.4 is 0 Å². The van der Waals surface area contributed by atoms with E-state index in [2.05, 4.69) is 4.98 Å². The Morgan fingerprint density at radius 2 is 1.79 bits per heavy atom. The fourth-order valence-corrected chi connectivity index (χ4v) is 1.85. The Kier molecular flexibility index (Phi) is 3.85. The predicted molar refractivity (Wildman–Crippen MR) is 70.2 cm³/mol. The molecule has 0 saturated heterocycles. The molecule has 0 aliphatic rings. The Labute approximate surface area is 110 Å². The van der Waals surface area contributed by atoms with Crippen LogP contribution in [0.25, 0.3) is 10.9 Å². The van der Waals surface area contributed by atoms with E-state index >= 15 is 0 Å². The SMILES string of the molecule is CCOC(=O)c1ccc2c(C(=O)OCC)c[nH]c2c1. The summed E-state index contributed by atoms with van der Waals surface area (Å²) in [5.74, 6) is -0.755. The second kappa shape index (κ2) is 5.56. The molecule has 0 amide bonds. The zero-order valence-electron chi connectivity index (χ0n) is 10.9. The van der Waals surface area contributed by atoms with E-state index < -0.39 is 0 Å². The van der Waals surface area contributed by atoms with E-state index in [-0.39, 0.29) is 11.9 Å². The number of aromatic amines is 1. The minimum atomic E-state index is -0.378. The van der Waals surface area contributed by atoms with Crippen molar-refractivity contribution in [1.29, 1.82) is 0 Å². The molecular weight excluding hydrogens is 246 g/mol. The molecule has 1 aromatic heterocycles. The average molecular weight is 261 g/mol. The van der Waals surface area contributed by atoms with Crippen molar-refractivity contribution in [2.75, 3.05) is 13.2 Å². The van der Waals surface area contributed by atoms with Crippen molar-refractivity contribution in [1.82, 2.24) is 4.98 Å². The molecule has 5 heteroatoms. The highest BCUT2D eigenvalue weighted by Gasteiger charge is 2.14. The molecule has 0 saturated carbocycles. The lowest BCUT2D eigenvalue weighted by molar-refractivity contribution is 0.0518. The van der Waals surface area contributed by atoms with Gasteiger partial charge in [0.05, 0.1) is 24.3 Å². The summed E-state index contributed by atoms with van der Waals surface area (Å²) < 4.78 is 9.89. The smallest absolute Gasteiger partial charge is 0.340 e. The average Bonchev–Trinajstić information content (AvgIpc) is 2.82. The third kappa shape index (κ3) is 2.59. The van der Waals surface area contributed by atoms with E-state index in [1.807, 2.05) is 0 Å². The van der Waals surface area contributed by atoms with Gasteiger partial charge in [-0.2, -0.15) is 0 Å². The Bertz CT molecular complexity index is 615. The maximum absolute atomic E-state index is 11.7. The lowest BCUT2D eigenvalue weighted by atomic mass is 10.1. The van der Waals surface area contributed by atoms with Crippen LogP contribution in [-0.4, -0.2) is 30.1 Å². The Morgan fingerprint density at radius 3 is 2.47 bits per heavy atom. The minimum absolute atomic E-state index is 0.326. The van der Waals surface area contributed by atoms with Crippen molar-refractivity contribution in [3.05, 3.63) is 35.5 Å². The van der Waals surface area contributed by atoms with Crippen molar-refractivity contribution < 1.29 is 19.1 Å². The van der Waals surface area contributed by atoms with Crippen LogP contribution in [0.3, 0.4) is 0 Å². The third-order valence-corrected chi connectivity index (χ3v) is 2.69. The molecule has 1 aromatic carbocycles. The number of fused-ring (bicyclic) bond motifs is 1. The van der Waals surface area contributed by atoms with Gasteiger partial charge < -0.3 is 14.5 Å². The van der Waals surface area contributed by atoms with Crippen LogP contribution in [0.5, 0.6) is 0 Å². The lowest BCUT2D eigenvalue weighted by Crippen LogP contribution is -2.05. The van der Waals surface area contributed by atoms with Gasteiger partial charge in [0, 0.05) is 17.1 Å². The normalized spacial score (nSPS) is 10.4. The van der Waals surface area contributed by atoms with Gasteiger partial charge in [0.15, 0.2) is 0 Å². The van der Waals surface area contributed by atoms with Crippen LogP contribution in [0.15, 0.2) is 24.4 Å². The van der Waals surface area contributed by atoms with Crippen molar-refractivity contribution in [2.24, 2.45) is 0 Å². The summed E-state index contributed by atoms with van der Waals surface area (Å²) in [7, 11) is 0. The number of carbonyl (C=O) groups excluding carboxylic acids is 2. The quantitative estimate of drug-likeness (QED) is 0.859. The number of ether oxygens (including phenoxy) is 2. The number of aromatic nitrogens is 1. The van der Waals surface area contributed by atoms with Crippen molar-refractivity contribution in [3.8, 4) is 0 Å². The molecule has 0 unspecified atom stereocenters. The predicted octanol–water partition coefficient (Wildman–Crippen LogP) is 2.52. The van der Waals surface area contributed by atoms with Crippen molar-refractivity contribution in [3.63, 3.8) is 0 Å². The number of carbonyl (C=O) groups is 2. The summed E-state index contributed by atoms with van der Waals surface area (Å²) in [6, 6.07) is 5.01. The van der Waals surface area contributed by atoms with Gasteiger partial charge in [-0.15, -0.1) is 0 Å². The van der Waals surface area contributed by atoms with Gasteiger partial charge in [-0.25, -0.2) is 9.59 Å². The fraction of sp³-hybridized carbons (Fsp3) is 0.286. The Hall–Kier alpha value is -2.30. The first-order chi connectivity index (χ1) is 9.17. The molecule has 0 atom stereocenters. The molecule has 0 bridgehead atoms. The van der Waals surface area contributed by atoms with Crippen LogP contribution in [0.2, 0.25) is 0 Å². The maximum Gasteiger partial charge on any atom is 0.340 e. The largest absolute Gasteiger partial charge is 0.462 e. The molecule has 5 nitrogen and oxygen atoms in total. The standard InChI is InChI=1S/C14H15NO4/c1-3-18-13(16)9-5-6-10-11(14(17)19-4-2)8-15-12(10)7-9/h5-8,15H,3-4H2,1-2H3. The summed E-state index contributed by atoms with van der Waals surface area (Å²) >= 11 is 0. The molecular formula is C14H15NO4. The number of hydrogen-bond donors (Lipinski definition) is 1. The van der Waals surface area contributed by atoms with Crippen LogP contribution >= 0.6 is 0 Å². The van der Waals surface area contributed by atoms with Crippen LogP contribution in [0, 0.1) is 0 Å². The molecule has 2 aromatic rings. The molecule has 0 spiro atoms. The number of benzene rings is 1. The molecule has 1 heterocycles. The zero-order valence-corrected chi connectivity index (χ0v) is 10.9. The van der Waals surface area contributed by atoms with Gasteiger partial charge in [-0.1, -0.05) is 6.07 Å². The first-order valence-electron chi connectivity index (χ1n) is 6.12. The van der Waals surface area contributed by atoms with Crippen LogP contribution in [0.4, 0.5) is 0 Å². The van der Waals surface area contributed by atoms with Gasteiger partial charge in [0.25, 0.3) is 0 Å². The lowest BCUT2D eigenvalue weighted by Gasteiger charge is -2.02. The second-order valence-corrected chi connectivity index (χ2v) is 3.90. The van der Waals surface area contributed by atoms with Gasteiger partial charge in [0.1, 0.15) is 0 Å². The molecule has 0 aliphatic carbocycles. The minimum Gasteiger partial charge on any atom is -0.462 e. The highest BCUT2D eigenvalue weighted by molar-refractivity contribution is 6.05. The first kappa shape index (κ1) is 13.1. The van der Waals surface area contributed by atoms with Gasteiger partial charge in [-0.3, -0.25) is 0 Å². The van der Waals surface area contributed by atoms with E-state index in [4.69, 9.17) is 9.47 Å². The molecule has 0 radical (unpaired) electrons. The van der Waals surface area contributed by atoms with E-state index in [1.165, 1.54) is 0 Å². The summed E-state index contributed by atoms with van der Waals surface area (Å²) in [5.41, 5.74) is 1.62. The topological polar surface area (TPSA) is 68.4 Å². The highest BCUT2D eigenvalue weighted by Crippen LogP contribution is 2.21. The fourth-order valence-electron chi connectivity index (χ4n) is 1.85. The van der Waals surface area contributed by atoms with Crippen LogP contribution in [-0.2, 0) is 9.47 Å². The zero-order chi connectivity index (χ0) is 13.8. The second-order valence-electron chi connectivity index (χ2n) is 3.90. The van der Waals surface area contributed by atoms with E-state index in [9.17, 15) is 9.59 Å². The summed E-state index contributed by atoms with van der Waals surface area (Å²) in [6.07, 6.45) is 1.58. The number of hydrogen-bond acceptors (Lipinski definition) is 4. The summed E-state index contributed by atoms with van der Waals surface area (Å²) in [6.45, 7) is 4.16. The summed E-state index contributed by atoms with van der Waals surface area (Å²) in [4.78, 5) is 26.3. The third-order valence-electron chi connectivity index (χ3n) is 2.69. The first-order valence-corrected chi connectivity index (χ1v) is 6.12. The number of H-pyrrole nitrogens is 1. The van der Waals surface area contributed by atoms with E-state index in [1.54, 1.807) is 38.2 Å². The Balaban J connectivity index is 2.36. The van der Waals surface area contributed by atoms with Crippen molar-refractivity contribution >= 4 is 22.8 Å². The van der Waals surface area contributed by atoms with E-state index in [0.717, 1.165) is 5.39 Å². The monoisotopic (exact) mass is 261 g/mol. The molecule has 2 rings (SSSR count). The van der Waals surface area contributed by atoms with Crippen molar-refractivity contribution in [2.45, 2.75) is 13.8 Å². The molecule has 0 fully saturated rings. The Morgan fingerprint density at radius 1 is 1.11 bits per heavy atom. The van der Waals surface area contributed by atoms with Crippen LogP contribution in [0.1, 0.15) is 34.6 Å². The van der Waals surface area contributed by atoms with Gasteiger partial charge in [0.2, 0.25) is 0 Å². The van der Waals surface area contributed by atoms with Gasteiger partial charge >= 0.3 is 11.9 Å².